The van der Waals surface area contributed by atoms with E-state index in [2.05, 4.69) is 0 Å². The molecule has 2 nitrogen and oxygen atoms in total. The SMILES string of the molecule is CC(=O)[O][Rh][CH]=Cc1ccccc1. The van der Waals surface area contributed by atoms with Crippen LogP contribution in [0.15, 0.2) is 35.0 Å². The quantitative estimate of drug-likeness (QED) is 0.783. The molecule has 0 unspecified atom stereocenters. The van der Waals surface area contributed by atoms with Crippen molar-refractivity contribution in [3.63, 3.8) is 0 Å². The van der Waals surface area contributed by atoms with Gasteiger partial charge < -0.3 is 0 Å². The first-order chi connectivity index (χ1) is 6.29. The van der Waals surface area contributed by atoms with E-state index < -0.39 is 0 Å². The number of rotatable bonds is 3. The Balaban J connectivity index is 2.37. The van der Waals surface area contributed by atoms with Crippen molar-refractivity contribution in [2.24, 2.45) is 0 Å². The van der Waals surface area contributed by atoms with Gasteiger partial charge in [-0.15, -0.1) is 0 Å². The zero-order valence-corrected chi connectivity index (χ0v) is 8.83. The van der Waals surface area contributed by atoms with Crippen molar-refractivity contribution >= 4 is 12.0 Å². The molecule has 0 aliphatic rings. The third kappa shape index (κ3) is 4.59. The molecule has 1 aromatic rings. The van der Waals surface area contributed by atoms with Crippen LogP contribution in [0.4, 0.5) is 0 Å². The Morgan fingerprint density at radius 3 is 2.69 bits per heavy atom. The van der Waals surface area contributed by atoms with E-state index in [1.54, 1.807) is 0 Å². The molecule has 0 saturated heterocycles. The van der Waals surface area contributed by atoms with Gasteiger partial charge in [0.05, 0.1) is 0 Å². The van der Waals surface area contributed by atoms with Crippen molar-refractivity contribution in [2.75, 3.05) is 0 Å². The molecule has 0 bridgehead atoms. The van der Waals surface area contributed by atoms with Gasteiger partial charge in [0.15, 0.2) is 0 Å². The van der Waals surface area contributed by atoms with Gasteiger partial charge in [0.1, 0.15) is 0 Å². The second-order valence-corrected chi connectivity index (χ2v) is 3.59. The molecule has 0 N–H and O–H groups in total. The molecule has 0 saturated carbocycles. The first kappa shape index (κ1) is 10.1. The van der Waals surface area contributed by atoms with Crippen LogP contribution in [-0.2, 0) is 25.8 Å². The molecule has 13 heavy (non-hydrogen) atoms. The normalized spacial score (nSPS) is 10.5. The van der Waals surface area contributed by atoms with Crippen molar-refractivity contribution in [1.29, 1.82) is 0 Å². The van der Waals surface area contributed by atoms with Crippen LogP contribution in [0.5, 0.6) is 0 Å². The topological polar surface area (TPSA) is 26.3 Å². The molecule has 0 aromatic heterocycles. The molecule has 0 radical (unpaired) electrons. The van der Waals surface area contributed by atoms with Crippen LogP contribution in [0.1, 0.15) is 12.5 Å². The Bertz CT molecular complexity index is 293. The van der Waals surface area contributed by atoms with Crippen LogP contribution in [0.3, 0.4) is 0 Å². The summed E-state index contributed by atoms with van der Waals surface area (Å²) in [6, 6.07) is 9.91. The summed E-state index contributed by atoms with van der Waals surface area (Å²) in [7, 11) is 0. The summed E-state index contributed by atoms with van der Waals surface area (Å²) in [5.41, 5.74) is 1.12. The van der Waals surface area contributed by atoms with Crippen LogP contribution in [0.25, 0.3) is 6.08 Å². The predicted octanol–water partition coefficient (Wildman–Crippen LogP) is 2.22. The van der Waals surface area contributed by atoms with Gasteiger partial charge in [-0.05, 0) is 0 Å². The maximum absolute atomic E-state index is 10.4. The Morgan fingerprint density at radius 2 is 2.08 bits per heavy atom. The molecule has 0 aliphatic carbocycles. The zero-order valence-electron chi connectivity index (χ0n) is 7.19. The maximum atomic E-state index is 10.4. The van der Waals surface area contributed by atoms with E-state index in [9.17, 15) is 4.79 Å². The van der Waals surface area contributed by atoms with Gasteiger partial charge in [0.25, 0.3) is 0 Å². The summed E-state index contributed by atoms with van der Waals surface area (Å²) < 4.78 is 6.69. The fraction of sp³-hybridized carbons (Fsp3) is 0.100. The van der Waals surface area contributed by atoms with Crippen molar-refractivity contribution in [2.45, 2.75) is 6.92 Å². The summed E-state index contributed by atoms with van der Waals surface area (Å²) in [6.45, 7) is 1.42. The summed E-state index contributed by atoms with van der Waals surface area (Å²) in [6.07, 6.45) is 1.95. The van der Waals surface area contributed by atoms with Crippen molar-refractivity contribution in [3.8, 4) is 0 Å². The van der Waals surface area contributed by atoms with Crippen molar-refractivity contribution < 1.29 is 25.8 Å². The molecule has 0 aliphatic heterocycles. The third-order valence-electron chi connectivity index (χ3n) is 1.23. The number of carbonyl (C=O) groups excluding carboxylic acids is 1. The van der Waals surface area contributed by atoms with Crippen molar-refractivity contribution in [3.05, 3.63) is 40.6 Å². The van der Waals surface area contributed by atoms with E-state index in [0.717, 1.165) is 5.56 Å². The van der Waals surface area contributed by atoms with Crippen LogP contribution in [0, 0.1) is 0 Å². The van der Waals surface area contributed by atoms with Crippen LogP contribution in [0.2, 0.25) is 0 Å². The van der Waals surface area contributed by atoms with Crippen LogP contribution < -0.4 is 0 Å². The number of hydrogen-bond acceptors (Lipinski definition) is 2. The molecule has 1 rings (SSSR count). The standard InChI is InChI=1S/C8H7.C2H4O2.Rh/c1-2-8-6-4-3-5-7-8;1-2(3)4;/h1-7H;1H3,(H,3,4);/q;;+1/p-1. The molecule has 0 heterocycles. The van der Waals surface area contributed by atoms with E-state index in [-0.39, 0.29) is 23.5 Å². The second-order valence-electron chi connectivity index (χ2n) is 2.33. The fourth-order valence-electron chi connectivity index (χ4n) is 0.729. The first-order valence-corrected chi connectivity index (χ1v) is 5.38. The monoisotopic (exact) mass is 265 g/mol. The van der Waals surface area contributed by atoms with Gasteiger partial charge >= 0.3 is 85.4 Å². The molecular weight excluding hydrogens is 255 g/mol. The fourth-order valence-corrected chi connectivity index (χ4v) is 1.54. The zero-order chi connectivity index (χ0) is 9.52. The molecule has 71 valence electrons. The Kier molecular flexibility index (Phi) is 4.41. The Labute approximate surface area is 85.6 Å². The van der Waals surface area contributed by atoms with Crippen molar-refractivity contribution in [1.82, 2.24) is 0 Å². The van der Waals surface area contributed by atoms with E-state index >= 15 is 0 Å². The molecule has 0 atom stereocenters. The van der Waals surface area contributed by atoms with E-state index in [0.29, 0.717) is 0 Å². The van der Waals surface area contributed by atoms with Gasteiger partial charge in [-0.1, -0.05) is 0 Å². The predicted molar refractivity (Wildman–Crippen MR) is 47.2 cm³/mol. The molecule has 0 spiro atoms. The van der Waals surface area contributed by atoms with Gasteiger partial charge in [-0.3, -0.25) is 0 Å². The minimum absolute atomic E-state index is 0.221. The summed E-state index contributed by atoms with van der Waals surface area (Å²) in [5.74, 6) is -0.221. The summed E-state index contributed by atoms with van der Waals surface area (Å²) >= 11 is -0.241. The van der Waals surface area contributed by atoms with Crippen LogP contribution >= 0.6 is 0 Å². The molecule has 3 heteroatoms. The van der Waals surface area contributed by atoms with E-state index in [4.69, 9.17) is 3.56 Å². The molecule has 0 fully saturated rings. The first-order valence-electron chi connectivity index (χ1n) is 3.77. The Hall–Kier alpha value is -0.947. The molecular formula is C10H10O2Rh. The van der Waals surface area contributed by atoms with Gasteiger partial charge in [0, 0.05) is 0 Å². The van der Waals surface area contributed by atoms with Gasteiger partial charge in [-0.2, -0.15) is 0 Å². The Morgan fingerprint density at radius 1 is 1.38 bits per heavy atom. The summed E-state index contributed by atoms with van der Waals surface area (Å²) in [5, 5.41) is 0. The van der Waals surface area contributed by atoms with E-state index in [1.807, 2.05) is 41.1 Å². The average molecular weight is 265 g/mol. The van der Waals surface area contributed by atoms with E-state index in [1.165, 1.54) is 6.92 Å². The molecule has 0 amide bonds. The number of carbonyl (C=O) groups is 1. The second kappa shape index (κ2) is 5.66. The number of benzene rings is 1. The average Bonchev–Trinajstić information content (AvgIpc) is 2.14. The van der Waals surface area contributed by atoms with Crippen LogP contribution in [-0.4, -0.2) is 5.97 Å². The number of hydrogen-bond donors (Lipinski definition) is 0. The third-order valence-corrected chi connectivity index (χ3v) is 2.39. The summed E-state index contributed by atoms with van der Waals surface area (Å²) in [4.78, 5) is 10.4. The van der Waals surface area contributed by atoms with Gasteiger partial charge in [0.2, 0.25) is 0 Å². The minimum atomic E-state index is -0.241. The molecule has 1 aromatic carbocycles. The van der Waals surface area contributed by atoms with Gasteiger partial charge in [-0.25, -0.2) is 0 Å².